The summed E-state index contributed by atoms with van der Waals surface area (Å²) in [5, 5.41) is 11.8. The van der Waals surface area contributed by atoms with Gasteiger partial charge in [-0.25, -0.2) is 0 Å². The van der Waals surface area contributed by atoms with Crippen molar-refractivity contribution in [3.05, 3.63) is 72.3 Å². The van der Waals surface area contributed by atoms with Gasteiger partial charge >= 0.3 is 0 Å². The number of carbonyl (C=O) groups is 1. The highest BCUT2D eigenvalue weighted by atomic mass is 16.1. The number of piperazine rings is 1. The number of hydrogen-bond donors (Lipinski definition) is 1. The Bertz CT molecular complexity index is 951. The van der Waals surface area contributed by atoms with Crippen LogP contribution in [0, 0.1) is 0 Å². The highest BCUT2D eigenvalue weighted by Gasteiger charge is 2.15. The van der Waals surface area contributed by atoms with Crippen molar-refractivity contribution in [1.82, 2.24) is 15.1 Å². The van der Waals surface area contributed by atoms with Crippen molar-refractivity contribution in [2.24, 2.45) is 0 Å². The molecule has 0 bridgehead atoms. The summed E-state index contributed by atoms with van der Waals surface area (Å²) in [6.45, 7) is 4.00. The maximum absolute atomic E-state index is 12.3. The van der Waals surface area contributed by atoms with Crippen LogP contribution < -0.4 is 10.2 Å². The lowest BCUT2D eigenvalue weighted by molar-refractivity contribution is -0.115. The van der Waals surface area contributed by atoms with Crippen LogP contribution >= 0.6 is 0 Å². The molecule has 6 heteroatoms. The lowest BCUT2D eigenvalue weighted by Gasteiger charge is -2.32. The van der Waals surface area contributed by atoms with E-state index in [2.05, 4.69) is 32.4 Å². The van der Waals surface area contributed by atoms with Gasteiger partial charge in [-0.15, -0.1) is 10.2 Å². The standard InChI is InChI=1S/C23H25N5O/c1-27-12-14-28(15-13-27)22-11-10-21(25-26-22)19-8-5-9-20(17-19)24-23(29)16-18-6-3-2-4-7-18/h2-11,17H,12-16H2,1H3,(H,24,29). The topological polar surface area (TPSA) is 61.4 Å². The maximum Gasteiger partial charge on any atom is 0.228 e. The van der Waals surface area contributed by atoms with Crippen LogP contribution in [0.1, 0.15) is 5.56 Å². The third-order valence-electron chi connectivity index (χ3n) is 5.13. The lowest BCUT2D eigenvalue weighted by Crippen LogP contribution is -2.44. The number of likely N-dealkylation sites (N-methyl/N-ethyl adjacent to an activating group) is 1. The molecule has 1 fully saturated rings. The van der Waals surface area contributed by atoms with Gasteiger partial charge in [0.2, 0.25) is 5.91 Å². The van der Waals surface area contributed by atoms with E-state index < -0.39 is 0 Å². The zero-order chi connectivity index (χ0) is 20.1. The molecule has 4 rings (SSSR count). The molecule has 0 radical (unpaired) electrons. The summed E-state index contributed by atoms with van der Waals surface area (Å²) in [5.74, 6) is 0.874. The minimum absolute atomic E-state index is 0.0372. The van der Waals surface area contributed by atoms with Gasteiger partial charge in [-0.05, 0) is 36.9 Å². The second-order valence-electron chi connectivity index (χ2n) is 7.36. The van der Waals surface area contributed by atoms with Crippen LogP contribution in [0.15, 0.2) is 66.7 Å². The molecule has 2 aromatic carbocycles. The maximum atomic E-state index is 12.3. The summed E-state index contributed by atoms with van der Waals surface area (Å²) < 4.78 is 0. The van der Waals surface area contributed by atoms with E-state index in [1.165, 1.54) is 0 Å². The average Bonchev–Trinajstić information content (AvgIpc) is 2.75. The van der Waals surface area contributed by atoms with Crippen LogP contribution in [0.4, 0.5) is 11.5 Å². The Kier molecular flexibility index (Phi) is 5.81. The first-order valence-electron chi connectivity index (χ1n) is 9.89. The number of anilines is 2. The van der Waals surface area contributed by atoms with Crippen LogP contribution in [0.5, 0.6) is 0 Å². The van der Waals surface area contributed by atoms with Gasteiger partial charge in [-0.3, -0.25) is 4.79 Å². The van der Waals surface area contributed by atoms with E-state index >= 15 is 0 Å². The summed E-state index contributed by atoms with van der Waals surface area (Å²) in [4.78, 5) is 16.9. The summed E-state index contributed by atoms with van der Waals surface area (Å²) >= 11 is 0. The molecule has 0 atom stereocenters. The van der Waals surface area contributed by atoms with Crippen LogP contribution in [0.2, 0.25) is 0 Å². The van der Waals surface area contributed by atoms with E-state index in [0.717, 1.165) is 54.5 Å². The van der Waals surface area contributed by atoms with E-state index in [-0.39, 0.29) is 5.91 Å². The van der Waals surface area contributed by atoms with Gasteiger partial charge in [-0.1, -0.05) is 42.5 Å². The predicted molar refractivity (Wildman–Crippen MR) is 116 cm³/mol. The molecule has 148 valence electrons. The number of aromatic nitrogens is 2. The molecule has 29 heavy (non-hydrogen) atoms. The largest absolute Gasteiger partial charge is 0.353 e. The molecule has 6 nitrogen and oxygen atoms in total. The molecule has 2 heterocycles. The summed E-state index contributed by atoms with van der Waals surface area (Å²) in [6, 6.07) is 21.5. The fourth-order valence-electron chi connectivity index (χ4n) is 3.43. The number of hydrogen-bond acceptors (Lipinski definition) is 5. The van der Waals surface area contributed by atoms with Crippen molar-refractivity contribution >= 4 is 17.4 Å². The van der Waals surface area contributed by atoms with Gasteiger partial charge < -0.3 is 15.1 Å². The van der Waals surface area contributed by atoms with Gasteiger partial charge in [0.15, 0.2) is 5.82 Å². The first-order chi connectivity index (χ1) is 14.2. The highest BCUT2D eigenvalue weighted by Crippen LogP contribution is 2.22. The molecule has 1 aliphatic rings. The molecule has 0 saturated carbocycles. The van der Waals surface area contributed by atoms with E-state index in [9.17, 15) is 4.79 Å². The zero-order valence-corrected chi connectivity index (χ0v) is 16.6. The van der Waals surface area contributed by atoms with Gasteiger partial charge in [-0.2, -0.15) is 0 Å². The second-order valence-corrected chi connectivity index (χ2v) is 7.36. The minimum Gasteiger partial charge on any atom is -0.353 e. The van der Waals surface area contributed by atoms with Gasteiger partial charge in [0.05, 0.1) is 12.1 Å². The minimum atomic E-state index is -0.0372. The van der Waals surface area contributed by atoms with E-state index in [4.69, 9.17) is 0 Å². The highest BCUT2D eigenvalue weighted by molar-refractivity contribution is 5.92. The monoisotopic (exact) mass is 387 g/mol. The fraction of sp³-hybridized carbons (Fsp3) is 0.261. The predicted octanol–water partition coefficient (Wildman–Crippen LogP) is 3.08. The van der Waals surface area contributed by atoms with Crippen molar-refractivity contribution in [1.29, 1.82) is 0 Å². The van der Waals surface area contributed by atoms with Gasteiger partial charge in [0.1, 0.15) is 0 Å². The molecule has 0 spiro atoms. The van der Waals surface area contributed by atoms with Crippen molar-refractivity contribution in [2.75, 3.05) is 43.4 Å². The first-order valence-corrected chi connectivity index (χ1v) is 9.89. The molecular weight excluding hydrogens is 362 g/mol. The number of nitrogens with zero attached hydrogens (tertiary/aromatic N) is 4. The molecule has 0 unspecified atom stereocenters. The van der Waals surface area contributed by atoms with Crippen LogP contribution in [-0.4, -0.2) is 54.2 Å². The Hall–Kier alpha value is -3.25. The van der Waals surface area contributed by atoms with E-state index in [0.29, 0.717) is 6.42 Å². The van der Waals surface area contributed by atoms with Crippen molar-refractivity contribution in [3.63, 3.8) is 0 Å². The van der Waals surface area contributed by atoms with Crippen LogP contribution in [0.3, 0.4) is 0 Å². The van der Waals surface area contributed by atoms with Crippen molar-refractivity contribution in [2.45, 2.75) is 6.42 Å². The zero-order valence-electron chi connectivity index (χ0n) is 16.6. The Morgan fingerprint density at radius 2 is 1.72 bits per heavy atom. The molecule has 1 aromatic heterocycles. The van der Waals surface area contributed by atoms with E-state index in [1.54, 1.807) is 0 Å². The molecular formula is C23H25N5O. The Labute approximate surface area is 171 Å². The van der Waals surface area contributed by atoms with Crippen molar-refractivity contribution in [3.8, 4) is 11.3 Å². The summed E-state index contributed by atoms with van der Waals surface area (Å²) in [5.41, 5.74) is 3.47. The summed E-state index contributed by atoms with van der Waals surface area (Å²) in [7, 11) is 2.14. The van der Waals surface area contributed by atoms with Crippen LogP contribution in [0.25, 0.3) is 11.3 Å². The second kappa shape index (κ2) is 8.84. The molecule has 1 amide bonds. The average molecular weight is 387 g/mol. The van der Waals surface area contributed by atoms with Crippen molar-refractivity contribution < 1.29 is 4.79 Å². The molecule has 0 aliphatic carbocycles. The molecule has 1 aliphatic heterocycles. The molecule has 3 aromatic rings. The number of rotatable bonds is 5. The number of benzene rings is 2. The number of amides is 1. The number of nitrogens with one attached hydrogen (secondary N) is 1. The fourth-order valence-corrected chi connectivity index (χ4v) is 3.43. The Balaban J connectivity index is 1.42. The normalized spacial score (nSPS) is 14.6. The SMILES string of the molecule is CN1CCN(c2ccc(-c3cccc(NC(=O)Cc4ccccc4)c3)nn2)CC1. The number of carbonyl (C=O) groups excluding carboxylic acids is 1. The summed E-state index contributed by atoms with van der Waals surface area (Å²) in [6.07, 6.45) is 0.352. The third-order valence-corrected chi connectivity index (χ3v) is 5.13. The molecule has 1 saturated heterocycles. The Morgan fingerprint density at radius 1 is 0.931 bits per heavy atom. The van der Waals surface area contributed by atoms with Gasteiger partial charge in [0, 0.05) is 37.4 Å². The first kappa shape index (κ1) is 19.1. The van der Waals surface area contributed by atoms with E-state index in [1.807, 2.05) is 66.7 Å². The molecule has 1 N–H and O–H groups in total. The quantitative estimate of drug-likeness (QED) is 0.729. The third kappa shape index (κ3) is 4.97. The van der Waals surface area contributed by atoms with Gasteiger partial charge in [0.25, 0.3) is 0 Å². The Morgan fingerprint density at radius 3 is 2.45 bits per heavy atom. The smallest absolute Gasteiger partial charge is 0.228 e. The lowest BCUT2D eigenvalue weighted by atomic mass is 10.1. The van der Waals surface area contributed by atoms with Crippen LogP contribution in [-0.2, 0) is 11.2 Å².